The average molecular weight is 234 g/mol. The van der Waals surface area contributed by atoms with E-state index < -0.39 is 5.92 Å². The van der Waals surface area contributed by atoms with Gasteiger partial charge in [0.1, 0.15) is 5.82 Å². The fourth-order valence-electron chi connectivity index (χ4n) is 1.70. The summed E-state index contributed by atoms with van der Waals surface area (Å²) in [5.41, 5.74) is 0. The SMILES string of the molecule is FC1(F)CCC(Nc2ccnc(Cl)n2)C1. The Balaban J connectivity index is 1.99. The van der Waals surface area contributed by atoms with Crippen molar-refractivity contribution in [3.63, 3.8) is 0 Å². The van der Waals surface area contributed by atoms with Crippen molar-refractivity contribution in [2.75, 3.05) is 5.32 Å². The second-order valence-electron chi connectivity index (χ2n) is 3.65. The van der Waals surface area contributed by atoms with Crippen molar-refractivity contribution in [2.24, 2.45) is 0 Å². The molecule has 0 spiro atoms. The van der Waals surface area contributed by atoms with E-state index in [1.165, 1.54) is 6.20 Å². The van der Waals surface area contributed by atoms with Gasteiger partial charge in [-0.15, -0.1) is 0 Å². The molecule has 1 heterocycles. The van der Waals surface area contributed by atoms with Crippen molar-refractivity contribution in [1.29, 1.82) is 0 Å². The maximum absolute atomic E-state index is 12.9. The van der Waals surface area contributed by atoms with Gasteiger partial charge in [-0.2, -0.15) is 0 Å². The third kappa shape index (κ3) is 2.75. The number of aromatic nitrogens is 2. The smallest absolute Gasteiger partial charge is 0.250 e. The lowest BCUT2D eigenvalue weighted by atomic mass is 10.2. The second-order valence-corrected chi connectivity index (χ2v) is 3.99. The van der Waals surface area contributed by atoms with Gasteiger partial charge in [-0.3, -0.25) is 0 Å². The van der Waals surface area contributed by atoms with Crippen LogP contribution in [0.3, 0.4) is 0 Å². The molecule has 15 heavy (non-hydrogen) atoms. The molecular formula is C9H10ClF2N3. The quantitative estimate of drug-likeness (QED) is 0.799. The molecule has 2 rings (SSSR count). The Labute approximate surface area is 90.9 Å². The topological polar surface area (TPSA) is 37.8 Å². The molecule has 1 unspecified atom stereocenters. The maximum atomic E-state index is 12.9. The van der Waals surface area contributed by atoms with Crippen LogP contribution in [-0.4, -0.2) is 21.9 Å². The van der Waals surface area contributed by atoms with Crippen LogP contribution >= 0.6 is 11.6 Å². The summed E-state index contributed by atoms with van der Waals surface area (Å²) in [6.45, 7) is 0. The minimum Gasteiger partial charge on any atom is -0.367 e. The monoisotopic (exact) mass is 233 g/mol. The first-order valence-corrected chi connectivity index (χ1v) is 5.06. The highest BCUT2D eigenvalue weighted by molar-refractivity contribution is 6.28. The number of halogens is 3. The van der Waals surface area contributed by atoms with E-state index in [0.717, 1.165) is 0 Å². The van der Waals surface area contributed by atoms with Gasteiger partial charge in [0.2, 0.25) is 11.2 Å². The van der Waals surface area contributed by atoms with Crippen LogP contribution in [-0.2, 0) is 0 Å². The van der Waals surface area contributed by atoms with E-state index in [9.17, 15) is 8.78 Å². The molecule has 1 atom stereocenters. The molecule has 0 radical (unpaired) electrons. The average Bonchev–Trinajstić information content (AvgIpc) is 2.45. The van der Waals surface area contributed by atoms with Crippen molar-refractivity contribution in [2.45, 2.75) is 31.2 Å². The van der Waals surface area contributed by atoms with Crippen molar-refractivity contribution < 1.29 is 8.78 Å². The molecule has 0 aromatic carbocycles. The second kappa shape index (κ2) is 3.89. The van der Waals surface area contributed by atoms with Crippen LogP contribution in [0.15, 0.2) is 12.3 Å². The van der Waals surface area contributed by atoms with Gasteiger partial charge in [-0.05, 0) is 24.1 Å². The predicted molar refractivity (Wildman–Crippen MR) is 53.3 cm³/mol. The van der Waals surface area contributed by atoms with Gasteiger partial charge in [0, 0.05) is 25.1 Å². The molecule has 0 aliphatic heterocycles. The first kappa shape index (κ1) is 10.5. The summed E-state index contributed by atoms with van der Waals surface area (Å²) in [4.78, 5) is 7.59. The van der Waals surface area contributed by atoms with Crippen LogP contribution in [0.1, 0.15) is 19.3 Å². The molecule has 3 nitrogen and oxygen atoms in total. The lowest BCUT2D eigenvalue weighted by Crippen LogP contribution is -2.19. The Morgan fingerprint density at radius 1 is 1.53 bits per heavy atom. The largest absolute Gasteiger partial charge is 0.367 e. The van der Waals surface area contributed by atoms with E-state index in [1.807, 2.05) is 0 Å². The normalized spacial score (nSPS) is 24.1. The number of nitrogens with zero attached hydrogens (tertiary/aromatic N) is 2. The number of hydrogen-bond acceptors (Lipinski definition) is 3. The van der Waals surface area contributed by atoms with Gasteiger partial charge >= 0.3 is 0 Å². The number of nitrogens with one attached hydrogen (secondary N) is 1. The molecule has 0 amide bonds. The fraction of sp³-hybridized carbons (Fsp3) is 0.556. The Morgan fingerprint density at radius 3 is 2.93 bits per heavy atom. The Bertz CT molecular complexity index is 359. The van der Waals surface area contributed by atoms with E-state index in [-0.39, 0.29) is 24.2 Å². The van der Waals surface area contributed by atoms with Crippen molar-refractivity contribution in [1.82, 2.24) is 9.97 Å². The van der Waals surface area contributed by atoms with E-state index in [1.54, 1.807) is 6.07 Å². The minimum absolute atomic E-state index is 0.0660. The van der Waals surface area contributed by atoms with Gasteiger partial charge in [0.25, 0.3) is 0 Å². The lowest BCUT2D eigenvalue weighted by Gasteiger charge is -2.13. The summed E-state index contributed by atoms with van der Waals surface area (Å²) >= 11 is 5.58. The highest BCUT2D eigenvalue weighted by Gasteiger charge is 2.39. The Hall–Kier alpha value is -0.970. The van der Waals surface area contributed by atoms with Crippen LogP contribution in [0.2, 0.25) is 5.28 Å². The summed E-state index contributed by atoms with van der Waals surface area (Å²) in [6, 6.07) is 1.38. The van der Waals surface area contributed by atoms with Crippen LogP contribution in [0.4, 0.5) is 14.6 Å². The van der Waals surface area contributed by atoms with E-state index in [4.69, 9.17) is 11.6 Å². The van der Waals surface area contributed by atoms with Crippen LogP contribution in [0.25, 0.3) is 0 Å². The molecule has 6 heteroatoms. The maximum Gasteiger partial charge on any atom is 0.250 e. The summed E-state index contributed by atoms with van der Waals surface area (Å²) in [7, 11) is 0. The van der Waals surface area contributed by atoms with Crippen molar-refractivity contribution in [3.05, 3.63) is 17.5 Å². The molecule has 1 saturated carbocycles. The molecule has 0 saturated heterocycles. The first-order chi connectivity index (χ1) is 7.05. The van der Waals surface area contributed by atoms with Crippen LogP contribution in [0.5, 0.6) is 0 Å². The Kier molecular flexibility index (Phi) is 2.73. The Morgan fingerprint density at radius 2 is 2.33 bits per heavy atom. The van der Waals surface area contributed by atoms with E-state index >= 15 is 0 Å². The van der Waals surface area contributed by atoms with Crippen LogP contribution < -0.4 is 5.32 Å². The number of rotatable bonds is 2. The molecule has 1 aromatic rings. The molecule has 82 valence electrons. The highest BCUT2D eigenvalue weighted by atomic mass is 35.5. The highest BCUT2D eigenvalue weighted by Crippen LogP contribution is 2.35. The molecule has 1 aliphatic rings. The molecule has 1 N–H and O–H groups in total. The summed E-state index contributed by atoms with van der Waals surface area (Å²) in [5.74, 6) is -2.05. The first-order valence-electron chi connectivity index (χ1n) is 4.68. The van der Waals surface area contributed by atoms with Crippen molar-refractivity contribution >= 4 is 17.4 Å². The molecule has 1 aromatic heterocycles. The van der Waals surface area contributed by atoms with Gasteiger partial charge in [0.15, 0.2) is 0 Å². The number of hydrogen-bond donors (Lipinski definition) is 1. The molecule has 1 fully saturated rings. The van der Waals surface area contributed by atoms with Crippen molar-refractivity contribution in [3.8, 4) is 0 Å². The van der Waals surface area contributed by atoms with E-state index in [0.29, 0.717) is 12.2 Å². The minimum atomic E-state index is -2.55. The summed E-state index contributed by atoms with van der Waals surface area (Å²) in [6.07, 6.45) is 1.73. The number of anilines is 1. The van der Waals surface area contributed by atoms with E-state index in [2.05, 4.69) is 15.3 Å². The van der Waals surface area contributed by atoms with Gasteiger partial charge < -0.3 is 5.32 Å². The summed E-state index contributed by atoms with van der Waals surface area (Å²) < 4.78 is 25.8. The number of alkyl halides is 2. The summed E-state index contributed by atoms with van der Waals surface area (Å²) in [5, 5.41) is 3.04. The zero-order valence-corrected chi connectivity index (χ0v) is 8.64. The predicted octanol–water partition coefficient (Wildman–Crippen LogP) is 2.73. The van der Waals surface area contributed by atoms with Crippen LogP contribution in [0, 0.1) is 0 Å². The standard InChI is InChI=1S/C9H10ClF2N3/c10-8-13-4-2-7(15-8)14-6-1-3-9(11,12)5-6/h2,4,6H,1,3,5H2,(H,13,14,15). The zero-order chi connectivity index (χ0) is 10.9. The fourth-order valence-corrected chi connectivity index (χ4v) is 1.85. The lowest BCUT2D eigenvalue weighted by molar-refractivity contribution is 0.00852. The molecule has 0 bridgehead atoms. The molecule has 1 aliphatic carbocycles. The zero-order valence-electron chi connectivity index (χ0n) is 7.88. The third-order valence-corrected chi connectivity index (χ3v) is 2.56. The third-order valence-electron chi connectivity index (χ3n) is 2.38. The van der Waals surface area contributed by atoms with Gasteiger partial charge in [0.05, 0.1) is 0 Å². The van der Waals surface area contributed by atoms with Gasteiger partial charge in [-0.1, -0.05) is 0 Å². The molecular weight excluding hydrogens is 224 g/mol. The van der Waals surface area contributed by atoms with Gasteiger partial charge in [-0.25, -0.2) is 18.7 Å².